The fourth-order valence-corrected chi connectivity index (χ4v) is 3.49. The van der Waals surface area contributed by atoms with E-state index in [4.69, 9.17) is 14.0 Å². The van der Waals surface area contributed by atoms with Gasteiger partial charge in [0.05, 0.1) is 30.3 Å². The van der Waals surface area contributed by atoms with E-state index in [1.54, 1.807) is 0 Å². The van der Waals surface area contributed by atoms with Crippen molar-refractivity contribution in [3.05, 3.63) is 76.7 Å². The average molecular weight is 392 g/mol. The highest BCUT2D eigenvalue weighted by Crippen LogP contribution is 2.31. The Morgan fingerprint density at radius 3 is 2.72 bits per heavy atom. The zero-order valence-corrected chi connectivity index (χ0v) is 16.6. The highest BCUT2D eigenvalue weighted by Gasteiger charge is 2.22. The van der Waals surface area contributed by atoms with Gasteiger partial charge in [-0.2, -0.15) is 0 Å². The Hall–Kier alpha value is -3.28. The van der Waals surface area contributed by atoms with E-state index >= 15 is 0 Å². The van der Waals surface area contributed by atoms with Gasteiger partial charge in [-0.1, -0.05) is 35.5 Å². The standard InChI is InChI=1S/C23H24N2O4/c1-15-20(16(2)29-25-15)14-28-18-9-7-17(8-10-18)13-23(26)24-21-11-12-27-22-6-4-3-5-19(21)22/h3-10,21H,11-14H2,1-2H3,(H,24,26)/t21-/m1/s1. The Bertz CT molecular complexity index is 975. The molecule has 0 aliphatic carbocycles. The zero-order valence-electron chi connectivity index (χ0n) is 16.6. The van der Waals surface area contributed by atoms with Crippen molar-refractivity contribution >= 4 is 5.91 Å². The van der Waals surface area contributed by atoms with Gasteiger partial charge in [0.15, 0.2) is 0 Å². The molecule has 0 fully saturated rings. The molecule has 150 valence electrons. The van der Waals surface area contributed by atoms with Crippen LogP contribution in [0.2, 0.25) is 0 Å². The van der Waals surface area contributed by atoms with Crippen LogP contribution in [0.25, 0.3) is 0 Å². The van der Waals surface area contributed by atoms with Crippen LogP contribution in [-0.4, -0.2) is 17.7 Å². The van der Waals surface area contributed by atoms with Crippen LogP contribution >= 0.6 is 0 Å². The van der Waals surface area contributed by atoms with E-state index in [1.165, 1.54) is 0 Å². The third-order valence-corrected chi connectivity index (χ3v) is 5.15. The van der Waals surface area contributed by atoms with E-state index in [1.807, 2.05) is 62.4 Å². The van der Waals surface area contributed by atoms with Crippen LogP contribution in [0.15, 0.2) is 53.1 Å². The van der Waals surface area contributed by atoms with Crippen molar-refractivity contribution in [1.82, 2.24) is 10.5 Å². The van der Waals surface area contributed by atoms with Crippen LogP contribution in [0, 0.1) is 13.8 Å². The monoisotopic (exact) mass is 392 g/mol. The Kier molecular flexibility index (Phi) is 5.51. The van der Waals surface area contributed by atoms with Crippen molar-refractivity contribution in [2.75, 3.05) is 6.61 Å². The average Bonchev–Trinajstić information content (AvgIpc) is 3.05. The lowest BCUT2D eigenvalue weighted by Gasteiger charge is -2.26. The second kappa shape index (κ2) is 8.39. The summed E-state index contributed by atoms with van der Waals surface area (Å²) in [6.45, 7) is 4.79. The molecule has 3 aromatic rings. The van der Waals surface area contributed by atoms with Crippen LogP contribution in [0.1, 0.15) is 40.6 Å². The van der Waals surface area contributed by atoms with Crippen molar-refractivity contribution in [3.63, 3.8) is 0 Å². The second-order valence-corrected chi connectivity index (χ2v) is 7.21. The second-order valence-electron chi connectivity index (χ2n) is 7.21. The molecule has 0 saturated heterocycles. The third kappa shape index (κ3) is 4.42. The lowest BCUT2D eigenvalue weighted by molar-refractivity contribution is -0.121. The van der Waals surface area contributed by atoms with Crippen LogP contribution < -0.4 is 14.8 Å². The van der Waals surface area contributed by atoms with Crippen molar-refractivity contribution in [1.29, 1.82) is 0 Å². The van der Waals surface area contributed by atoms with Gasteiger partial charge in [0, 0.05) is 12.0 Å². The number of para-hydroxylation sites is 1. The number of carbonyl (C=O) groups is 1. The van der Waals surface area contributed by atoms with Gasteiger partial charge in [0.2, 0.25) is 5.91 Å². The number of rotatable bonds is 6. The summed E-state index contributed by atoms with van der Waals surface area (Å²) in [5.74, 6) is 2.36. The van der Waals surface area contributed by atoms with Gasteiger partial charge in [-0.3, -0.25) is 4.79 Å². The molecule has 1 aliphatic heterocycles. The summed E-state index contributed by atoms with van der Waals surface area (Å²) in [6, 6.07) is 15.4. The number of nitrogens with zero attached hydrogens (tertiary/aromatic N) is 1. The molecule has 0 unspecified atom stereocenters. The molecular formula is C23H24N2O4. The topological polar surface area (TPSA) is 73.6 Å². The number of ether oxygens (including phenoxy) is 2. The van der Waals surface area contributed by atoms with Crippen molar-refractivity contribution < 1.29 is 18.8 Å². The molecule has 0 bridgehead atoms. The molecule has 2 aromatic carbocycles. The number of aryl methyl sites for hydroxylation is 2. The number of hydrogen-bond acceptors (Lipinski definition) is 5. The molecule has 6 heteroatoms. The van der Waals surface area contributed by atoms with E-state index in [9.17, 15) is 4.79 Å². The lowest BCUT2D eigenvalue weighted by atomic mass is 10.00. The van der Waals surface area contributed by atoms with Crippen LogP contribution in [0.5, 0.6) is 11.5 Å². The molecule has 1 amide bonds. The molecular weight excluding hydrogens is 368 g/mol. The smallest absolute Gasteiger partial charge is 0.224 e. The van der Waals surface area contributed by atoms with E-state index in [-0.39, 0.29) is 11.9 Å². The van der Waals surface area contributed by atoms with Gasteiger partial charge in [0.25, 0.3) is 0 Å². The molecule has 29 heavy (non-hydrogen) atoms. The number of benzene rings is 2. The summed E-state index contributed by atoms with van der Waals surface area (Å²) in [5, 5.41) is 7.06. The van der Waals surface area contributed by atoms with Crippen molar-refractivity contribution in [2.45, 2.75) is 39.3 Å². The van der Waals surface area contributed by atoms with Gasteiger partial charge >= 0.3 is 0 Å². The molecule has 1 atom stereocenters. The summed E-state index contributed by atoms with van der Waals surface area (Å²) in [7, 11) is 0. The van der Waals surface area contributed by atoms with E-state index in [0.717, 1.165) is 46.1 Å². The maximum atomic E-state index is 12.5. The SMILES string of the molecule is Cc1noc(C)c1COc1ccc(CC(=O)N[C@@H]2CCOc3ccccc32)cc1. The maximum absolute atomic E-state index is 12.5. The predicted octanol–water partition coefficient (Wildman–Crippen LogP) is 4.05. The largest absolute Gasteiger partial charge is 0.493 e. The summed E-state index contributed by atoms with van der Waals surface area (Å²) in [5.41, 5.74) is 3.78. The Balaban J connectivity index is 1.33. The lowest BCUT2D eigenvalue weighted by Crippen LogP contribution is -2.33. The van der Waals surface area contributed by atoms with Crippen LogP contribution in [-0.2, 0) is 17.8 Å². The van der Waals surface area contributed by atoms with Crippen LogP contribution in [0.4, 0.5) is 0 Å². The number of amides is 1. The highest BCUT2D eigenvalue weighted by molar-refractivity contribution is 5.79. The molecule has 2 heterocycles. The quantitative estimate of drug-likeness (QED) is 0.685. The molecule has 1 N–H and O–H groups in total. The first-order valence-corrected chi connectivity index (χ1v) is 9.75. The van der Waals surface area contributed by atoms with Crippen LogP contribution in [0.3, 0.4) is 0 Å². The first-order valence-electron chi connectivity index (χ1n) is 9.75. The zero-order chi connectivity index (χ0) is 20.2. The number of aromatic nitrogens is 1. The summed E-state index contributed by atoms with van der Waals surface area (Å²) in [4.78, 5) is 12.5. The molecule has 0 spiro atoms. The first-order chi connectivity index (χ1) is 14.1. The molecule has 6 nitrogen and oxygen atoms in total. The maximum Gasteiger partial charge on any atom is 0.224 e. The Labute approximate surface area is 169 Å². The third-order valence-electron chi connectivity index (χ3n) is 5.15. The fraction of sp³-hybridized carbons (Fsp3) is 0.304. The number of nitrogens with one attached hydrogen (secondary N) is 1. The summed E-state index contributed by atoms with van der Waals surface area (Å²) >= 11 is 0. The number of carbonyl (C=O) groups excluding carboxylic acids is 1. The highest BCUT2D eigenvalue weighted by atomic mass is 16.5. The minimum atomic E-state index is -0.00916. The minimum absolute atomic E-state index is 0.00362. The normalized spacial score (nSPS) is 15.3. The molecule has 0 radical (unpaired) electrons. The van der Waals surface area contributed by atoms with Gasteiger partial charge in [-0.05, 0) is 37.6 Å². The van der Waals surface area contributed by atoms with Gasteiger partial charge in [0.1, 0.15) is 23.9 Å². The first kappa shape index (κ1) is 19.1. The molecule has 0 saturated carbocycles. The number of fused-ring (bicyclic) bond motifs is 1. The Morgan fingerprint density at radius 1 is 1.17 bits per heavy atom. The number of hydrogen-bond donors (Lipinski definition) is 1. The summed E-state index contributed by atoms with van der Waals surface area (Å²) in [6.07, 6.45) is 1.10. The molecule has 1 aliphatic rings. The van der Waals surface area contributed by atoms with Gasteiger partial charge in [-0.15, -0.1) is 0 Å². The molecule has 1 aromatic heterocycles. The fourth-order valence-electron chi connectivity index (χ4n) is 3.49. The van der Waals surface area contributed by atoms with E-state index < -0.39 is 0 Å². The van der Waals surface area contributed by atoms with Gasteiger partial charge in [-0.25, -0.2) is 0 Å². The summed E-state index contributed by atoms with van der Waals surface area (Å²) < 4.78 is 16.6. The molecule has 4 rings (SSSR count). The van der Waals surface area contributed by atoms with E-state index in [2.05, 4.69) is 10.5 Å². The predicted molar refractivity (Wildman–Crippen MR) is 108 cm³/mol. The Morgan fingerprint density at radius 2 is 1.97 bits per heavy atom. The van der Waals surface area contributed by atoms with E-state index in [0.29, 0.717) is 19.6 Å². The van der Waals surface area contributed by atoms with Crippen molar-refractivity contribution in [2.24, 2.45) is 0 Å². The van der Waals surface area contributed by atoms with Crippen molar-refractivity contribution in [3.8, 4) is 11.5 Å². The van der Waals surface area contributed by atoms with Gasteiger partial charge < -0.3 is 19.3 Å². The minimum Gasteiger partial charge on any atom is -0.493 e.